The van der Waals surface area contributed by atoms with E-state index in [0.29, 0.717) is 5.69 Å². The van der Waals surface area contributed by atoms with Crippen molar-refractivity contribution in [1.82, 2.24) is 10.0 Å². The minimum absolute atomic E-state index is 0.166. The van der Waals surface area contributed by atoms with Gasteiger partial charge in [0, 0.05) is 18.8 Å². The maximum absolute atomic E-state index is 11.9. The predicted molar refractivity (Wildman–Crippen MR) is 75.1 cm³/mol. The number of hydrogen-bond donors (Lipinski definition) is 3. The average Bonchev–Trinajstić information content (AvgIpc) is 2.32. The summed E-state index contributed by atoms with van der Waals surface area (Å²) in [7, 11) is -3.22. The molecular formula is C12H19N3O3S. The first-order chi connectivity index (χ1) is 8.79. The van der Waals surface area contributed by atoms with E-state index in [2.05, 4.69) is 10.0 Å². The number of benzene rings is 1. The Labute approximate surface area is 113 Å². The van der Waals surface area contributed by atoms with Crippen LogP contribution in [0.15, 0.2) is 24.3 Å². The third-order valence-electron chi connectivity index (χ3n) is 2.59. The van der Waals surface area contributed by atoms with Crippen LogP contribution in [0.1, 0.15) is 18.4 Å². The first-order valence-corrected chi connectivity index (χ1v) is 7.76. The Morgan fingerprint density at radius 2 is 2.05 bits per heavy atom. The van der Waals surface area contributed by atoms with Crippen LogP contribution < -0.4 is 15.8 Å². The van der Waals surface area contributed by atoms with Gasteiger partial charge in [0.15, 0.2) is 0 Å². The lowest BCUT2D eigenvalue weighted by molar-refractivity contribution is -0.122. The van der Waals surface area contributed by atoms with Gasteiger partial charge in [-0.25, -0.2) is 13.1 Å². The second kappa shape index (κ2) is 6.53. The average molecular weight is 285 g/mol. The Hall–Kier alpha value is -1.60. The van der Waals surface area contributed by atoms with E-state index in [1.54, 1.807) is 25.1 Å². The molecule has 1 aromatic rings. The topological polar surface area (TPSA) is 101 Å². The highest BCUT2D eigenvalue weighted by molar-refractivity contribution is 7.88. The highest BCUT2D eigenvalue weighted by atomic mass is 32.2. The predicted octanol–water partition coefficient (Wildman–Crippen LogP) is 0.0377. The largest absolute Gasteiger partial charge is 0.399 e. The molecule has 0 aliphatic rings. The number of anilines is 1. The number of carbonyl (C=O) groups excluding carboxylic acids is 1. The molecule has 0 radical (unpaired) electrons. The number of nitrogens with one attached hydrogen (secondary N) is 2. The van der Waals surface area contributed by atoms with Gasteiger partial charge in [-0.1, -0.05) is 12.1 Å². The van der Waals surface area contributed by atoms with Gasteiger partial charge >= 0.3 is 0 Å². The molecule has 0 heterocycles. The fourth-order valence-electron chi connectivity index (χ4n) is 1.55. The monoisotopic (exact) mass is 285 g/mol. The smallest absolute Gasteiger partial charge is 0.227 e. The fraction of sp³-hybridized carbons (Fsp3) is 0.417. The molecule has 0 fully saturated rings. The number of hydrogen-bond acceptors (Lipinski definition) is 4. The van der Waals surface area contributed by atoms with Crippen LogP contribution in [0.5, 0.6) is 0 Å². The quantitative estimate of drug-likeness (QED) is 0.507. The van der Waals surface area contributed by atoms with Crippen LogP contribution in [0.2, 0.25) is 0 Å². The Balaban J connectivity index is 2.45. The maximum atomic E-state index is 11.9. The summed E-state index contributed by atoms with van der Waals surface area (Å²) >= 11 is 0. The summed E-state index contributed by atoms with van der Waals surface area (Å²) in [4.78, 5) is 11.9. The lowest BCUT2D eigenvalue weighted by Gasteiger charge is -2.13. The van der Waals surface area contributed by atoms with E-state index in [1.165, 1.54) is 0 Å². The van der Waals surface area contributed by atoms with Gasteiger partial charge in [0.25, 0.3) is 0 Å². The lowest BCUT2D eigenvalue weighted by Crippen LogP contribution is -2.36. The summed E-state index contributed by atoms with van der Waals surface area (Å²) in [5, 5.41) is 2.67. The normalized spacial score (nSPS) is 12.9. The second-order valence-electron chi connectivity index (χ2n) is 4.35. The van der Waals surface area contributed by atoms with Crippen molar-refractivity contribution in [3.05, 3.63) is 29.8 Å². The molecule has 0 aliphatic heterocycles. The first-order valence-electron chi connectivity index (χ1n) is 5.87. The summed E-state index contributed by atoms with van der Waals surface area (Å²) in [6.45, 7) is 2.20. The zero-order valence-electron chi connectivity index (χ0n) is 11.0. The number of nitrogen functional groups attached to an aromatic ring is 1. The molecule has 0 aromatic heterocycles. The molecule has 1 amide bonds. The molecule has 1 aromatic carbocycles. The molecule has 0 aliphatic carbocycles. The van der Waals surface area contributed by atoms with Crippen molar-refractivity contribution in [2.24, 2.45) is 0 Å². The number of carbonyl (C=O) groups is 1. The van der Waals surface area contributed by atoms with Crippen LogP contribution in [-0.2, 0) is 14.8 Å². The number of rotatable bonds is 6. The number of amides is 1. The summed E-state index contributed by atoms with van der Waals surface area (Å²) in [6, 6.07) is 7.12. The second-order valence-corrected chi connectivity index (χ2v) is 6.18. The van der Waals surface area contributed by atoms with E-state index in [-0.39, 0.29) is 24.9 Å². The van der Waals surface area contributed by atoms with E-state index >= 15 is 0 Å². The van der Waals surface area contributed by atoms with E-state index in [4.69, 9.17) is 5.73 Å². The molecular weight excluding hydrogens is 266 g/mol. The zero-order valence-corrected chi connectivity index (χ0v) is 11.8. The Morgan fingerprint density at radius 1 is 1.37 bits per heavy atom. The van der Waals surface area contributed by atoms with Crippen molar-refractivity contribution in [3.8, 4) is 0 Å². The molecule has 106 valence electrons. The third kappa shape index (κ3) is 5.71. The zero-order chi connectivity index (χ0) is 14.5. The van der Waals surface area contributed by atoms with Gasteiger partial charge in [-0.2, -0.15) is 0 Å². The SMILES string of the molecule is CC(C(=O)NCCNS(C)(=O)=O)c1cccc(N)c1. The lowest BCUT2D eigenvalue weighted by atomic mass is 10.00. The van der Waals surface area contributed by atoms with Crippen LogP contribution in [0.3, 0.4) is 0 Å². The molecule has 0 spiro atoms. The summed E-state index contributed by atoms with van der Waals surface area (Å²) in [6.07, 6.45) is 1.07. The molecule has 6 nitrogen and oxygen atoms in total. The maximum Gasteiger partial charge on any atom is 0.227 e. The Morgan fingerprint density at radius 3 is 2.63 bits per heavy atom. The molecule has 0 saturated carbocycles. The van der Waals surface area contributed by atoms with Gasteiger partial charge in [0.05, 0.1) is 12.2 Å². The minimum atomic E-state index is -3.22. The van der Waals surface area contributed by atoms with Crippen LogP contribution in [0.25, 0.3) is 0 Å². The summed E-state index contributed by atoms with van der Waals surface area (Å²) in [5.41, 5.74) is 7.09. The van der Waals surface area contributed by atoms with E-state index in [0.717, 1.165) is 11.8 Å². The van der Waals surface area contributed by atoms with Crippen LogP contribution in [-0.4, -0.2) is 33.7 Å². The molecule has 7 heteroatoms. The molecule has 19 heavy (non-hydrogen) atoms. The number of nitrogens with two attached hydrogens (primary N) is 1. The minimum Gasteiger partial charge on any atom is -0.399 e. The van der Waals surface area contributed by atoms with E-state index in [9.17, 15) is 13.2 Å². The van der Waals surface area contributed by atoms with Crippen LogP contribution in [0, 0.1) is 0 Å². The van der Waals surface area contributed by atoms with Gasteiger partial charge in [0.1, 0.15) is 0 Å². The fourth-order valence-corrected chi connectivity index (χ4v) is 2.03. The number of sulfonamides is 1. The van der Waals surface area contributed by atoms with Crippen molar-refractivity contribution in [2.45, 2.75) is 12.8 Å². The van der Waals surface area contributed by atoms with Gasteiger partial charge in [-0.3, -0.25) is 4.79 Å². The van der Waals surface area contributed by atoms with Crippen molar-refractivity contribution < 1.29 is 13.2 Å². The highest BCUT2D eigenvalue weighted by Crippen LogP contribution is 2.17. The summed E-state index contributed by atoms with van der Waals surface area (Å²) in [5.74, 6) is -0.498. The standard InChI is InChI=1S/C12H19N3O3S/c1-9(10-4-3-5-11(13)8-10)12(16)14-6-7-15-19(2,17)18/h3-5,8-9,15H,6-7,13H2,1-2H3,(H,14,16). The van der Waals surface area contributed by atoms with Gasteiger partial charge in [-0.05, 0) is 24.6 Å². The Bertz CT molecular complexity index is 543. The molecule has 1 rings (SSSR count). The molecule has 1 atom stereocenters. The van der Waals surface area contributed by atoms with Gasteiger partial charge in [0.2, 0.25) is 15.9 Å². The van der Waals surface area contributed by atoms with Crippen molar-refractivity contribution >= 4 is 21.6 Å². The molecule has 0 bridgehead atoms. The van der Waals surface area contributed by atoms with E-state index in [1.807, 2.05) is 6.07 Å². The van der Waals surface area contributed by atoms with Crippen LogP contribution in [0.4, 0.5) is 5.69 Å². The van der Waals surface area contributed by atoms with Gasteiger partial charge < -0.3 is 11.1 Å². The first kappa shape index (κ1) is 15.5. The molecule has 4 N–H and O–H groups in total. The van der Waals surface area contributed by atoms with Crippen LogP contribution >= 0.6 is 0 Å². The third-order valence-corrected chi connectivity index (χ3v) is 3.32. The highest BCUT2D eigenvalue weighted by Gasteiger charge is 2.14. The van der Waals surface area contributed by atoms with Crippen molar-refractivity contribution in [1.29, 1.82) is 0 Å². The van der Waals surface area contributed by atoms with Crippen molar-refractivity contribution in [2.75, 3.05) is 25.1 Å². The molecule has 0 saturated heterocycles. The van der Waals surface area contributed by atoms with Crippen molar-refractivity contribution in [3.63, 3.8) is 0 Å². The van der Waals surface area contributed by atoms with Gasteiger partial charge in [-0.15, -0.1) is 0 Å². The summed E-state index contributed by atoms with van der Waals surface area (Å²) < 4.78 is 24.0. The van der Waals surface area contributed by atoms with E-state index < -0.39 is 10.0 Å². The Kier molecular flexibility index (Phi) is 5.31. The molecule has 1 unspecified atom stereocenters.